The quantitative estimate of drug-likeness (QED) is 0.772. The summed E-state index contributed by atoms with van der Waals surface area (Å²) in [6.45, 7) is 1.30. The van der Waals surface area contributed by atoms with Gasteiger partial charge in [-0.25, -0.2) is 4.79 Å². The molecular formula is C16H17N5O2. The fraction of sp³-hybridized carbons (Fsp3) is 0.250. The van der Waals surface area contributed by atoms with E-state index >= 15 is 0 Å². The number of aromatic carboxylic acids is 1. The van der Waals surface area contributed by atoms with Crippen molar-refractivity contribution in [1.82, 2.24) is 24.9 Å². The molecule has 0 radical (unpaired) electrons. The molecule has 2 heterocycles. The van der Waals surface area contributed by atoms with E-state index in [1.165, 1.54) is 0 Å². The Kier molecular flexibility index (Phi) is 4.03. The number of rotatable bonds is 5. The van der Waals surface area contributed by atoms with Gasteiger partial charge in [-0.2, -0.15) is 0 Å². The Morgan fingerprint density at radius 2 is 2.13 bits per heavy atom. The Morgan fingerprint density at radius 1 is 1.30 bits per heavy atom. The van der Waals surface area contributed by atoms with Crippen molar-refractivity contribution in [3.63, 3.8) is 0 Å². The molecule has 7 heteroatoms. The van der Waals surface area contributed by atoms with Crippen molar-refractivity contribution in [3.05, 3.63) is 53.5 Å². The molecule has 0 unspecified atom stereocenters. The van der Waals surface area contributed by atoms with Crippen LogP contribution in [0.1, 0.15) is 21.6 Å². The van der Waals surface area contributed by atoms with E-state index in [2.05, 4.69) is 20.2 Å². The number of aryl methyl sites for hydroxylation is 1. The van der Waals surface area contributed by atoms with Gasteiger partial charge in [-0.15, -0.1) is 5.10 Å². The van der Waals surface area contributed by atoms with Crippen molar-refractivity contribution in [2.45, 2.75) is 13.1 Å². The van der Waals surface area contributed by atoms with Crippen molar-refractivity contribution < 1.29 is 9.90 Å². The number of carboxylic acid groups (broad SMARTS) is 1. The van der Waals surface area contributed by atoms with Crippen LogP contribution in [0.4, 0.5) is 0 Å². The van der Waals surface area contributed by atoms with Crippen LogP contribution < -0.4 is 0 Å². The molecule has 23 heavy (non-hydrogen) atoms. The van der Waals surface area contributed by atoms with Gasteiger partial charge >= 0.3 is 5.97 Å². The largest absolute Gasteiger partial charge is 0.478 e. The minimum atomic E-state index is -0.942. The fourth-order valence-electron chi connectivity index (χ4n) is 2.64. The number of hydrogen-bond donors (Lipinski definition) is 1. The van der Waals surface area contributed by atoms with Gasteiger partial charge in [-0.05, 0) is 24.7 Å². The van der Waals surface area contributed by atoms with E-state index in [-0.39, 0.29) is 5.56 Å². The molecule has 0 saturated heterocycles. The fourth-order valence-corrected chi connectivity index (χ4v) is 2.64. The van der Waals surface area contributed by atoms with Crippen molar-refractivity contribution in [2.75, 3.05) is 7.05 Å². The number of aromatic nitrogens is 4. The molecule has 0 aliphatic carbocycles. The Morgan fingerprint density at radius 3 is 2.83 bits per heavy atom. The summed E-state index contributed by atoms with van der Waals surface area (Å²) in [5.41, 5.74) is 2.86. The lowest BCUT2D eigenvalue weighted by Crippen LogP contribution is -2.18. The maximum Gasteiger partial charge on any atom is 0.336 e. The smallest absolute Gasteiger partial charge is 0.336 e. The van der Waals surface area contributed by atoms with Crippen LogP contribution in [0.2, 0.25) is 0 Å². The topological polar surface area (TPSA) is 84.1 Å². The minimum Gasteiger partial charge on any atom is -0.478 e. The van der Waals surface area contributed by atoms with E-state index in [4.69, 9.17) is 0 Å². The van der Waals surface area contributed by atoms with Gasteiger partial charge in [0.25, 0.3) is 0 Å². The van der Waals surface area contributed by atoms with Gasteiger partial charge in [0.05, 0.1) is 16.8 Å². The lowest BCUT2D eigenvalue weighted by Gasteiger charge is -2.16. The van der Waals surface area contributed by atoms with Gasteiger partial charge in [0.2, 0.25) is 0 Å². The summed E-state index contributed by atoms with van der Waals surface area (Å²) in [5.74, 6) is -0.942. The number of pyridine rings is 1. The van der Waals surface area contributed by atoms with Crippen molar-refractivity contribution in [2.24, 2.45) is 7.05 Å². The molecule has 0 aliphatic heterocycles. The molecule has 3 aromatic rings. The Balaban J connectivity index is 1.88. The monoisotopic (exact) mass is 311 g/mol. The van der Waals surface area contributed by atoms with Gasteiger partial charge in [0.15, 0.2) is 0 Å². The second-order valence-electron chi connectivity index (χ2n) is 5.53. The summed E-state index contributed by atoms with van der Waals surface area (Å²) in [7, 11) is 3.81. The minimum absolute atomic E-state index is 0.272. The van der Waals surface area contributed by atoms with Crippen LogP contribution in [0.25, 0.3) is 10.9 Å². The maximum absolute atomic E-state index is 11.3. The van der Waals surface area contributed by atoms with E-state index in [0.29, 0.717) is 18.5 Å². The van der Waals surface area contributed by atoms with E-state index < -0.39 is 5.97 Å². The zero-order valence-electron chi connectivity index (χ0n) is 13.0. The van der Waals surface area contributed by atoms with E-state index in [1.807, 2.05) is 26.4 Å². The summed E-state index contributed by atoms with van der Waals surface area (Å²) in [4.78, 5) is 17.8. The summed E-state index contributed by atoms with van der Waals surface area (Å²) < 4.78 is 1.67. The van der Waals surface area contributed by atoms with Gasteiger partial charge < -0.3 is 5.11 Å². The molecular weight excluding hydrogens is 294 g/mol. The second-order valence-corrected chi connectivity index (χ2v) is 5.53. The maximum atomic E-state index is 11.3. The first-order valence-corrected chi connectivity index (χ1v) is 7.18. The molecule has 7 nitrogen and oxygen atoms in total. The Labute approximate surface area is 133 Å². The molecule has 0 fully saturated rings. The van der Waals surface area contributed by atoms with Crippen LogP contribution in [0.15, 0.2) is 36.7 Å². The van der Waals surface area contributed by atoms with Crippen molar-refractivity contribution >= 4 is 16.9 Å². The van der Waals surface area contributed by atoms with E-state index in [0.717, 1.165) is 16.8 Å². The standard InChI is InChI=1S/C16H17N5O2/c1-20(9-12-10-21(2)19-18-12)8-11-5-6-14(16(22)23)13-4-3-7-17-15(11)13/h3-7,10H,8-9H2,1-2H3,(H,22,23). The molecule has 0 atom stereocenters. The number of carbonyl (C=O) groups is 1. The molecule has 0 bridgehead atoms. The molecule has 118 valence electrons. The summed E-state index contributed by atoms with van der Waals surface area (Å²) >= 11 is 0. The third-order valence-corrected chi connectivity index (χ3v) is 3.61. The van der Waals surface area contributed by atoms with Crippen LogP contribution in [-0.2, 0) is 20.1 Å². The lowest BCUT2D eigenvalue weighted by atomic mass is 10.0. The van der Waals surface area contributed by atoms with Gasteiger partial charge in [-0.3, -0.25) is 14.6 Å². The average Bonchev–Trinajstić information content (AvgIpc) is 2.92. The normalized spacial score (nSPS) is 11.3. The molecule has 1 N–H and O–H groups in total. The number of nitrogens with zero attached hydrogens (tertiary/aromatic N) is 5. The summed E-state index contributed by atoms with van der Waals surface area (Å²) in [6, 6.07) is 7.00. The lowest BCUT2D eigenvalue weighted by molar-refractivity contribution is 0.0699. The van der Waals surface area contributed by atoms with Crippen LogP contribution in [0.3, 0.4) is 0 Å². The van der Waals surface area contributed by atoms with Crippen molar-refractivity contribution in [3.8, 4) is 0 Å². The zero-order chi connectivity index (χ0) is 16.4. The van der Waals surface area contributed by atoms with Crippen LogP contribution in [0, 0.1) is 0 Å². The highest BCUT2D eigenvalue weighted by atomic mass is 16.4. The molecule has 1 aromatic carbocycles. The Bertz CT molecular complexity index is 859. The zero-order valence-corrected chi connectivity index (χ0v) is 13.0. The van der Waals surface area contributed by atoms with E-state index in [9.17, 15) is 9.90 Å². The molecule has 2 aromatic heterocycles. The van der Waals surface area contributed by atoms with Crippen LogP contribution >= 0.6 is 0 Å². The van der Waals surface area contributed by atoms with Gasteiger partial charge in [0, 0.05) is 37.9 Å². The van der Waals surface area contributed by atoms with Crippen molar-refractivity contribution in [1.29, 1.82) is 0 Å². The number of benzene rings is 1. The first kappa shape index (κ1) is 15.1. The molecule has 0 aliphatic rings. The first-order valence-electron chi connectivity index (χ1n) is 7.18. The average molecular weight is 311 g/mol. The number of carboxylic acids is 1. The first-order chi connectivity index (χ1) is 11.0. The SMILES string of the molecule is CN(Cc1cn(C)nn1)Cc1ccc(C(=O)O)c2cccnc12. The van der Waals surface area contributed by atoms with Gasteiger partial charge in [0.1, 0.15) is 0 Å². The third-order valence-electron chi connectivity index (χ3n) is 3.61. The highest BCUT2D eigenvalue weighted by Gasteiger charge is 2.13. The predicted octanol–water partition coefficient (Wildman–Crippen LogP) is 1.69. The number of fused-ring (bicyclic) bond motifs is 1. The predicted molar refractivity (Wildman–Crippen MR) is 84.9 cm³/mol. The molecule has 0 saturated carbocycles. The summed E-state index contributed by atoms with van der Waals surface area (Å²) in [5, 5.41) is 17.9. The van der Waals surface area contributed by atoms with Gasteiger partial charge in [-0.1, -0.05) is 17.3 Å². The van der Waals surface area contributed by atoms with E-state index in [1.54, 1.807) is 29.1 Å². The molecule has 0 amide bonds. The molecule has 3 rings (SSSR count). The summed E-state index contributed by atoms with van der Waals surface area (Å²) in [6.07, 6.45) is 3.56. The van der Waals surface area contributed by atoms with Crippen LogP contribution in [0.5, 0.6) is 0 Å². The second kappa shape index (κ2) is 6.13. The number of hydrogen-bond acceptors (Lipinski definition) is 5. The third kappa shape index (κ3) is 3.19. The Hall–Kier alpha value is -2.80. The highest BCUT2D eigenvalue weighted by Crippen LogP contribution is 2.22. The molecule has 0 spiro atoms. The highest BCUT2D eigenvalue weighted by molar-refractivity contribution is 6.03. The van der Waals surface area contributed by atoms with Crippen LogP contribution in [-0.4, -0.2) is 43.0 Å².